The zero-order chi connectivity index (χ0) is 24.3. The predicted octanol–water partition coefficient (Wildman–Crippen LogP) is 5.72. The van der Waals surface area contributed by atoms with E-state index in [9.17, 15) is 0 Å². The van der Waals surface area contributed by atoms with Gasteiger partial charge in [-0.25, -0.2) is 9.67 Å². The van der Waals surface area contributed by atoms with Crippen LogP contribution in [0, 0.1) is 0 Å². The molecule has 2 aromatic carbocycles. The summed E-state index contributed by atoms with van der Waals surface area (Å²) in [6.07, 6.45) is 0.854. The number of para-hydroxylation sites is 1. The number of aromatic nitrogens is 3. The minimum atomic E-state index is -0.133. The Morgan fingerprint density at radius 2 is 1.71 bits per heavy atom. The average Bonchev–Trinajstić information content (AvgIpc) is 3.21. The molecule has 0 saturated carbocycles. The molecular formula is C27H31ClN4O2. The van der Waals surface area contributed by atoms with E-state index in [1.54, 1.807) is 14.2 Å². The van der Waals surface area contributed by atoms with Gasteiger partial charge in [-0.15, -0.1) is 0 Å². The van der Waals surface area contributed by atoms with Crippen LogP contribution >= 0.6 is 11.6 Å². The van der Waals surface area contributed by atoms with Crippen molar-refractivity contribution >= 4 is 22.6 Å². The summed E-state index contributed by atoms with van der Waals surface area (Å²) in [5.41, 5.74) is 4.74. The molecular weight excluding hydrogens is 448 g/mol. The highest BCUT2D eigenvalue weighted by Crippen LogP contribution is 2.32. The number of methoxy groups -OCH3 is 2. The maximum Gasteiger partial charge on any atom is 0.164 e. The number of pyridine rings is 1. The van der Waals surface area contributed by atoms with Gasteiger partial charge in [0.25, 0.3) is 0 Å². The van der Waals surface area contributed by atoms with Crippen molar-refractivity contribution in [2.45, 2.75) is 39.2 Å². The number of benzene rings is 2. The van der Waals surface area contributed by atoms with Crippen molar-refractivity contribution in [2.24, 2.45) is 0 Å². The van der Waals surface area contributed by atoms with E-state index < -0.39 is 0 Å². The Labute approximate surface area is 205 Å². The third-order valence-corrected chi connectivity index (χ3v) is 6.08. The molecule has 34 heavy (non-hydrogen) atoms. The van der Waals surface area contributed by atoms with Crippen molar-refractivity contribution in [3.63, 3.8) is 0 Å². The van der Waals surface area contributed by atoms with Gasteiger partial charge >= 0.3 is 0 Å². The first kappa shape index (κ1) is 24.0. The van der Waals surface area contributed by atoms with Crippen LogP contribution in [-0.2, 0) is 18.4 Å². The van der Waals surface area contributed by atoms with Gasteiger partial charge in [-0.3, -0.25) is 0 Å². The van der Waals surface area contributed by atoms with Crippen molar-refractivity contribution in [2.75, 3.05) is 20.8 Å². The lowest BCUT2D eigenvalue weighted by Gasteiger charge is -2.16. The van der Waals surface area contributed by atoms with Crippen molar-refractivity contribution in [1.82, 2.24) is 20.1 Å². The molecule has 0 atom stereocenters. The number of fused-ring (bicyclic) bond motifs is 1. The fourth-order valence-electron chi connectivity index (χ4n) is 3.98. The number of nitrogens with zero attached hydrogens (tertiary/aromatic N) is 3. The van der Waals surface area contributed by atoms with Gasteiger partial charge in [0.05, 0.1) is 25.6 Å². The highest BCUT2D eigenvalue weighted by molar-refractivity contribution is 6.30. The minimum Gasteiger partial charge on any atom is -0.493 e. The van der Waals surface area contributed by atoms with E-state index in [2.05, 4.69) is 38.2 Å². The van der Waals surface area contributed by atoms with Gasteiger partial charge < -0.3 is 14.8 Å². The number of nitrogens with one attached hydrogen (secondary N) is 1. The fraction of sp³-hybridized carbons (Fsp3) is 0.333. The lowest BCUT2D eigenvalue weighted by molar-refractivity contribution is 0.354. The molecule has 178 valence electrons. The van der Waals surface area contributed by atoms with Crippen LogP contribution in [0.15, 0.2) is 54.6 Å². The van der Waals surface area contributed by atoms with Crippen LogP contribution in [0.1, 0.15) is 37.6 Å². The van der Waals surface area contributed by atoms with Crippen LogP contribution in [-0.4, -0.2) is 35.5 Å². The van der Waals surface area contributed by atoms with Crippen molar-refractivity contribution in [1.29, 1.82) is 0 Å². The summed E-state index contributed by atoms with van der Waals surface area (Å²) in [5.74, 6) is 1.47. The van der Waals surface area contributed by atoms with Gasteiger partial charge in [0.2, 0.25) is 0 Å². The van der Waals surface area contributed by atoms with Crippen LogP contribution in [0.5, 0.6) is 11.5 Å². The Hall–Kier alpha value is -3.09. The van der Waals surface area contributed by atoms with E-state index in [1.807, 2.05) is 47.1 Å². The summed E-state index contributed by atoms with van der Waals surface area (Å²) >= 11 is 6.63. The van der Waals surface area contributed by atoms with E-state index in [1.165, 1.54) is 5.56 Å². The van der Waals surface area contributed by atoms with Gasteiger partial charge in [-0.1, -0.05) is 56.6 Å². The monoisotopic (exact) mass is 478 g/mol. The molecule has 0 unspecified atom stereocenters. The summed E-state index contributed by atoms with van der Waals surface area (Å²) < 4.78 is 12.6. The van der Waals surface area contributed by atoms with Gasteiger partial charge in [0.1, 0.15) is 5.15 Å². The van der Waals surface area contributed by atoms with E-state index in [0.29, 0.717) is 11.7 Å². The highest BCUT2D eigenvalue weighted by Gasteiger charge is 2.25. The summed E-state index contributed by atoms with van der Waals surface area (Å²) in [6, 6.07) is 18.2. The molecule has 0 fully saturated rings. The molecule has 0 spiro atoms. The standard InChI is InChI=1S/C27H31ClN4O2/c1-27(2,3)24-21-16-19(17-29-14-13-18-11-12-22(33-4)23(15-18)34-5)25(28)30-26(21)32(31-24)20-9-7-6-8-10-20/h6-12,15-16,29H,13-14,17H2,1-5H3. The minimum absolute atomic E-state index is 0.133. The smallest absolute Gasteiger partial charge is 0.164 e. The molecule has 1 N–H and O–H groups in total. The second-order valence-electron chi connectivity index (χ2n) is 9.27. The highest BCUT2D eigenvalue weighted by atomic mass is 35.5. The zero-order valence-electron chi connectivity index (χ0n) is 20.4. The van der Waals surface area contributed by atoms with Crippen LogP contribution < -0.4 is 14.8 Å². The first-order valence-electron chi connectivity index (χ1n) is 11.4. The lowest BCUT2D eigenvalue weighted by Crippen LogP contribution is -2.17. The third-order valence-electron chi connectivity index (χ3n) is 5.75. The molecule has 4 rings (SSSR count). The average molecular weight is 479 g/mol. The third kappa shape index (κ3) is 5.03. The molecule has 0 aliphatic rings. The second-order valence-corrected chi connectivity index (χ2v) is 9.63. The molecule has 4 aromatic rings. The van der Waals surface area contributed by atoms with Crippen molar-refractivity contribution in [3.8, 4) is 17.2 Å². The normalized spacial score (nSPS) is 11.7. The maximum atomic E-state index is 6.63. The molecule has 0 aliphatic heterocycles. The van der Waals surface area contributed by atoms with Crippen LogP contribution in [0.4, 0.5) is 0 Å². The van der Waals surface area contributed by atoms with Crippen LogP contribution in [0.25, 0.3) is 16.7 Å². The quantitative estimate of drug-likeness (QED) is 0.259. The molecule has 2 aromatic heterocycles. The molecule has 2 heterocycles. The molecule has 6 nitrogen and oxygen atoms in total. The number of rotatable bonds is 8. The van der Waals surface area contributed by atoms with E-state index >= 15 is 0 Å². The SMILES string of the molecule is COc1ccc(CCNCc2cc3c(C(C)(C)C)nn(-c4ccccc4)c3nc2Cl)cc1OC. The van der Waals surface area contributed by atoms with Crippen molar-refractivity contribution in [3.05, 3.63) is 76.6 Å². The molecule has 0 radical (unpaired) electrons. The Morgan fingerprint density at radius 1 is 0.971 bits per heavy atom. The number of halogens is 1. The maximum absolute atomic E-state index is 6.63. The fourth-order valence-corrected chi connectivity index (χ4v) is 4.18. The van der Waals surface area contributed by atoms with Gasteiger partial charge in [0, 0.05) is 22.9 Å². The molecule has 0 saturated heterocycles. The molecule has 0 aliphatic carbocycles. The summed E-state index contributed by atoms with van der Waals surface area (Å²) in [6.45, 7) is 7.91. The summed E-state index contributed by atoms with van der Waals surface area (Å²) in [5, 5.41) is 9.94. The topological polar surface area (TPSA) is 61.2 Å². The molecule has 0 amide bonds. The zero-order valence-corrected chi connectivity index (χ0v) is 21.1. The number of ether oxygens (including phenoxy) is 2. The molecule has 7 heteroatoms. The van der Waals surface area contributed by atoms with Crippen LogP contribution in [0.2, 0.25) is 5.15 Å². The number of hydrogen-bond acceptors (Lipinski definition) is 5. The Morgan fingerprint density at radius 3 is 2.38 bits per heavy atom. The Kier molecular flexibility index (Phi) is 7.10. The molecule has 0 bridgehead atoms. The summed E-state index contributed by atoms with van der Waals surface area (Å²) in [4.78, 5) is 4.76. The number of hydrogen-bond donors (Lipinski definition) is 1. The van der Waals surface area contributed by atoms with Crippen LogP contribution in [0.3, 0.4) is 0 Å². The van der Waals surface area contributed by atoms with Crippen molar-refractivity contribution < 1.29 is 9.47 Å². The van der Waals surface area contributed by atoms with E-state index in [0.717, 1.165) is 52.4 Å². The summed E-state index contributed by atoms with van der Waals surface area (Å²) in [7, 11) is 3.29. The Bertz CT molecular complexity index is 1280. The predicted molar refractivity (Wildman–Crippen MR) is 138 cm³/mol. The van der Waals surface area contributed by atoms with Gasteiger partial charge in [-0.2, -0.15) is 5.10 Å². The van der Waals surface area contributed by atoms with E-state index in [4.69, 9.17) is 31.2 Å². The lowest BCUT2D eigenvalue weighted by atomic mass is 9.90. The Balaban J connectivity index is 1.55. The first-order chi connectivity index (χ1) is 16.3. The largest absolute Gasteiger partial charge is 0.493 e. The van der Waals surface area contributed by atoms with Gasteiger partial charge in [-0.05, 0) is 48.9 Å². The van der Waals surface area contributed by atoms with Gasteiger partial charge in [0.15, 0.2) is 17.1 Å². The van der Waals surface area contributed by atoms with E-state index in [-0.39, 0.29) is 5.41 Å². The second kappa shape index (κ2) is 10.0. The first-order valence-corrected chi connectivity index (χ1v) is 11.8.